The molecule has 0 fully saturated rings. The first-order valence-corrected chi connectivity index (χ1v) is 6.22. The van der Waals surface area contributed by atoms with E-state index in [0.29, 0.717) is 12.4 Å². The SMILES string of the molecule is Oc1cc2c(cc1Sc1ccccn1)OCC2. The van der Waals surface area contributed by atoms with Crippen molar-refractivity contribution < 1.29 is 9.84 Å². The molecule has 86 valence electrons. The zero-order valence-corrected chi connectivity index (χ0v) is 9.91. The van der Waals surface area contributed by atoms with Crippen LogP contribution in [0.2, 0.25) is 0 Å². The average molecular weight is 245 g/mol. The van der Waals surface area contributed by atoms with Gasteiger partial charge in [0.2, 0.25) is 0 Å². The Kier molecular flexibility index (Phi) is 2.65. The molecule has 3 nitrogen and oxygen atoms in total. The predicted octanol–water partition coefficient (Wildman–Crippen LogP) is 2.87. The van der Waals surface area contributed by atoms with E-state index < -0.39 is 0 Å². The van der Waals surface area contributed by atoms with Gasteiger partial charge in [-0.05, 0) is 24.3 Å². The number of hydrogen-bond donors (Lipinski definition) is 1. The number of phenolic OH excluding ortho intramolecular Hbond substituents is 1. The lowest BCUT2D eigenvalue weighted by atomic mass is 10.1. The minimum absolute atomic E-state index is 0.296. The van der Waals surface area contributed by atoms with E-state index in [1.807, 2.05) is 24.3 Å². The lowest BCUT2D eigenvalue weighted by Crippen LogP contribution is -1.86. The maximum absolute atomic E-state index is 9.93. The quantitative estimate of drug-likeness (QED) is 0.883. The van der Waals surface area contributed by atoms with Crippen molar-refractivity contribution in [1.29, 1.82) is 0 Å². The molecule has 1 N–H and O–H groups in total. The van der Waals surface area contributed by atoms with E-state index >= 15 is 0 Å². The molecule has 0 bridgehead atoms. The Labute approximate surface area is 103 Å². The topological polar surface area (TPSA) is 42.4 Å². The molecule has 0 saturated carbocycles. The first-order valence-electron chi connectivity index (χ1n) is 5.40. The predicted molar refractivity (Wildman–Crippen MR) is 65.7 cm³/mol. The van der Waals surface area contributed by atoms with Gasteiger partial charge in [-0.15, -0.1) is 0 Å². The minimum atomic E-state index is 0.296. The normalized spacial score (nSPS) is 13.2. The van der Waals surface area contributed by atoms with Crippen LogP contribution < -0.4 is 4.74 Å². The van der Waals surface area contributed by atoms with Crippen LogP contribution in [0.5, 0.6) is 11.5 Å². The highest BCUT2D eigenvalue weighted by molar-refractivity contribution is 7.99. The summed E-state index contributed by atoms with van der Waals surface area (Å²) in [4.78, 5) is 5.00. The Morgan fingerprint density at radius 2 is 2.24 bits per heavy atom. The highest BCUT2D eigenvalue weighted by atomic mass is 32.2. The summed E-state index contributed by atoms with van der Waals surface area (Å²) in [6.07, 6.45) is 2.61. The van der Waals surface area contributed by atoms with Gasteiger partial charge >= 0.3 is 0 Å². The molecule has 3 rings (SSSR count). The maximum Gasteiger partial charge on any atom is 0.130 e. The van der Waals surface area contributed by atoms with Crippen molar-refractivity contribution in [2.45, 2.75) is 16.3 Å². The third-order valence-electron chi connectivity index (χ3n) is 2.62. The van der Waals surface area contributed by atoms with Gasteiger partial charge in [0.25, 0.3) is 0 Å². The molecule has 4 heteroatoms. The molecule has 1 aromatic heterocycles. The molecule has 17 heavy (non-hydrogen) atoms. The van der Waals surface area contributed by atoms with Gasteiger partial charge in [0, 0.05) is 18.2 Å². The molecular weight excluding hydrogens is 234 g/mol. The van der Waals surface area contributed by atoms with Crippen LogP contribution in [-0.4, -0.2) is 16.7 Å². The third-order valence-corrected chi connectivity index (χ3v) is 3.62. The van der Waals surface area contributed by atoms with Crippen molar-refractivity contribution in [3.8, 4) is 11.5 Å². The Hall–Kier alpha value is -1.68. The van der Waals surface area contributed by atoms with Gasteiger partial charge in [-0.2, -0.15) is 0 Å². The molecule has 0 amide bonds. The van der Waals surface area contributed by atoms with E-state index in [1.165, 1.54) is 11.8 Å². The van der Waals surface area contributed by atoms with Crippen LogP contribution in [0.4, 0.5) is 0 Å². The molecule has 2 heterocycles. The van der Waals surface area contributed by atoms with Crippen molar-refractivity contribution in [3.05, 3.63) is 42.1 Å². The van der Waals surface area contributed by atoms with Crippen LogP contribution in [0.25, 0.3) is 0 Å². The van der Waals surface area contributed by atoms with Crippen LogP contribution in [0.15, 0.2) is 46.5 Å². The minimum Gasteiger partial charge on any atom is -0.507 e. The molecule has 0 spiro atoms. The second-order valence-electron chi connectivity index (χ2n) is 3.80. The number of pyridine rings is 1. The fraction of sp³-hybridized carbons (Fsp3) is 0.154. The van der Waals surface area contributed by atoms with Crippen molar-refractivity contribution in [2.75, 3.05) is 6.61 Å². The summed E-state index contributed by atoms with van der Waals surface area (Å²) in [5.74, 6) is 1.17. The molecule has 1 aliphatic rings. The lowest BCUT2D eigenvalue weighted by molar-refractivity contribution is 0.355. The number of rotatable bonds is 2. The molecule has 0 saturated heterocycles. The van der Waals surface area contributed by atoms with Crippen LogP contribution in [0.3, 0.4) is 0 Å². The standard InChI is InChI=1S/C13H11NO2S/c15-10-7-9-4-6-16-11(9)8-12(10)17-13-3-1-2-5-14-13/h1-3,5,7-8,15H,4,6H2. The number of aromatic hydroxyl groups is 1. The number of aromatic nitrogens is 1. The second-order valence-corrected chi connectivity index (χ2v) is 4.86. The Bertz CT molecular complexity index is 543. The van der Waals surface area contributed by atoms with E-state index in [2.05, 4.69) is 4.98 Å². The van der Waals surface area contributed by atoms with Crippen molar-refractivity contribution in [1.82, 2.24) is 4.98 Å². The largest absolute Gasteiger partial charge is 0.507 e. The molecule has 2 aromatic rings. The second kappa shape index (κ2) is 4.30. The maximum atomic E-state index is 9.93. The molecule has 0 radical (unpaired) electrons. The van der Waals surface area contributed by atoms with Gasteiger partial charge in [-0.25, -0.2) is 4.98 Å². The average Bonchev–Trinajstić information content (AvgIpc) is 2.78. The third kappa shape index (κ3) is 2.08. The fourth-order valence-electron chi connectivity index (χ4n) is 1.80. The number of benzene rings is 1. The van der Waals surface area contributed by atoms with Crippen molar-refractivity contribution in [2.24, 2.45) is 0 Å². The van der Waals surface area contributed by atoms with E-state index in [9.17, 15) is 5.11 Å². The fourth-order valence-corrected chi connectivity index (χ4v) is 2.61. The van der Waals surface area contributed by atoms with E-state index in [4.69, 9.17) is 4.74 Å². The number of fused-ring (bicyclic) bond motifs is 1. The lowest BCUT2D eigenvalue weighted by Gasteiger charge is -2.06. The Balaban J connectivity index is 1.93. The molecule has 0 atom stereocenters. The van der Waals surface area contributed by atoms with Crippen molar-refractivity contribution in [3.63, 3.8) is 0 Å². The summed E-state index contributed by atoms with van der Waals surface area (Å²) in [6, 6.07) is 9.38. The number of phenols is 1. The molecule has 1 aromatic carbocycles. The molecule has 0 aliphatic carbocycles. The van der Waals surface area contributed by atoms with Crippen LogP contribution in [0.1, 0.15) is 5.56 Å². The van der Waals surface area contributed by atoms with Crippen molar-refractivity contribution >= 4 is 11.8 Å². The molecular formula is C13H11NO2S. The van der Waals surface area contributed by atoms with Gasteiger partial charge in [0.15, 0.2) is 0 Å². The van der Waals surface area contributed by atoms with Gasteiger partial charge in [0.05, 0.1) is 11.5 Å². The summed E-state index contributed by atoms with van der Waals surface area (Å²) in [5.41, 5.74) is 1.08. The van der Waals surface area contributed by atoms with Gasteiger partial charge in [-0.3, -0.25) is 0 Å². The van der Waals surface area contributed by atoms with Crippen LogP contribution >= 0.6 is 11.8 Å². The van der Waals surface area contributed by atoms with E-state index in [1.54, 1.807) is 12.3 Å². The Morgan fingerprint density at radius 3 is 3.06 bits per heavy atom. The van der Waals surface area contributed by atoms with Gasteiger partial charge in [-0.1, -0.05) is 17.8 Å². The zero-order valence-electron chi connectivity index (χ0n) is 9.09. The number of nitrogens with zero attached hydrogens (tertiary/aromatic N) is 1. The summed E-state index contributed by atoms with van der Waals surface area (Å²) >= 11 is 1.44. The summed E-state index contributed by atoms with van der Waals surface area (Å²) < 4.78 is 5.49. The highest BCUT2D eigenvalue weighted by Crippen LogP contribution is 2.39. The smallest absolute Gasteiger partial charge is 0.130 e. The first kappa shape index (κ1) is 10.5. The Morgan fingerprint density at radius 1 is 1.29 bits per heavy atom. The zero-order chi connectivity index (χ0) is 11.7. The van der Waals surface area contributed by atoms with Crippen LogP contribution in [0, 0.1) is 0 Å². The monoisotopic (exact) mass is 245 g/mol. The summed E-state index contributed by atoms with van der Waals surface area (Å²) in [7, 11) is 0. The first-order chi connectivity index (χ1) is 8.33. The van der Waals surface area contributed by atoms with Gasteiger partial charge in [0.1, 0.15) is 16.5 Å². The van der Waals surface area contributed by atoms with Crippen LogP contribution in [-0.2, 0) is 6.42 Å². The summed E-state index contributed by atoms with van der Waals surface area (Å²) in [6.45, 7) is 0.701. The summed E-state index contributed by atoms with van der Waals surface area (Å²) in [5, 5.41) is 10.8. The van der Waals surface area contributed by atoms with E-state index in [-0.39, 0.29) is 0 Å². The van der Waals surface area contributed by atoms with E-state index in [0.717, 1.165) is 27.7 Å². The molecule has 1 aliphatic heterocycles. The van der Waals surface area contributed by atoms with Gasteiger partial charge < -0.3 is 9.84 Å². The number of hydrogen-bond acceptors (Lipinski definition) is 4. The molecule has 0 unspecified atom stereocenters. The highest BCUT2D eigenvalue weighted by Gasteiger charge is 2.16. The number of ether oxygens (including phenoxy) is 1.